The smallest absolute Gasteiger partial charge is 0.154 e. The fraction of sp³-hybridized carbons (Fsp3) is 0.600. The first-order valence-corrected chi connectivity index (χ1v) is 9.54. The summed E-state index contributed by atoms with van der Waals surface area (Å²) < 4.78 is 2.23. The Hall–Kier alpha value is -1.68. The van der Waals surface area contributed by atoms with Crippen LogP contribution in [0.4, 0.5) is 0 Å². The molecule has 4 nitrogen and oxygen atoms in total. The van der Waals surface area contributed by atoms with Gasteiger partial charge in [-0.3, -0.25) is 0 Å². The zero-order valence-corrected chi connectivity index (χ0v) is 14.7. The second kappa shape index (κ2) is 7.06. The highest BCUT2D eigenvalue weighted by Crippen LogP contribution is 2.39. The molecule has 0 spiro atoms. The highest BCUT2D eigenvalue weighted by Gasteiger charge is 2.31. The van der Waals surface area contributed by atoms with Crippen LogP contribution in [0.15, 0.2) is 30.3 Å². The monoisotopic (exact) mass is 324 g/mol. The number of hydrogen-bond donors (Lipinski definition) is 0. The number of nitrogens with zero attached hydrogens (tertiary/aromatic N) is 4. The highest BCUT2D eigenvalue weighted by molar-refractivity contribution is 5.15. The molecule has 2 heterocycles. The Labute approximate surface area is 144 Å². The molecule has 1 saturated carbocycles. The Bertz CT molecular complexity index is 660. The first kappa shape index (κ1) is 15.8. The summed E-state index contributed by atoms with van der Waals surface area (Å²) >= 11 is 0. The van der Waals surface area contributed by atoms with Crippen molar-refractivity contribution in [2.75, 3.05) is 19.6 Å². The minimum absolute atomic E-state index is 0.550. The molecule has 1 atom stereocenters. The largest absolute Gasteiger partial charge is 0.303 e. The van der Waals surface area contributed by atoms with E-state index in [1.807, 2.05) is 0 Å². The van der Waals surface area contributed by atoms with Crippen LogP contribution in [0.2, 0.25) is 0 Å². The summed E-state index contributed by atoms with van der Waals surface area (Å²) in [7, 11) is 0. The molecule has 0 radical (unpaired) electrons. The third-order valence-electron chi connectivity index (χ3n) is 5.43. The van der Waals surface area contributed by atoms with Crippen molar-refractivity contribution in [1.29, 1.82) is 0 Å². The molecule has 2 aliphatic rings. The number of benzene rings is 1. The van der Waals surface area contributed by atoms with Gasteiger partial charge in [-0.2, -0.15) is 5.10 Å². The van der Waals surface area contributed by atoms with Crippen molar-refractivity contribution in [3.05, 3.63) is 47.5 Å². The molecule has 4 rings (SSSR count). The van der Waals surface area contributed by atoms with Gasteiger partial charge in [0, 0.05) is 24.9 Å². The first-order chi connectivity index (χ1) is 11.8. The fourth-order valence-electron chi connectivity index (χ4n) is 3.79. The van der Waals surface area contributed by atoms with Crippen LogP contribution in [0.1, 0.15) is 61.7 Å². The molecule has 0 N–H and O–H groups in total. The van der Waals surface area contributed by atoms with Crippen molar-refractivity contribution >= 4 is 0 Å². The molecule has 128 valence electrons. The number of aryl methyl sites for hydroxylation is 2. The van der Waals surface area contributed by atoms with E-state index in [0.717, 1.165) is 31.9 Å². The van der Waals surface area contributed by atoms with E-state index in [-0.39, 0.29) is 0 Å². The zero-order valence-electron chi connectivity index (χ0n) is 14.7. The SMILES string of the molecule is CCN1CCC[C@@H](c2nc(C3CC3)nn2CCc2ccccc2)C1. The lowest BCUT2D eigenvalue weighted by Crippen LogP contribution is -2.35. The van der Waals surface area contributed by atoms with Crippen LogP contribution in [0.5, 0.6) is 0 Å². The van der Waals surface area contributed by atoms with Gasteiger partial charge in [0.1, 0.15) is 5.82 Å². The number of likely N-dealkylation sites (N-methyl/N-ethyl adjacent to an activating group) is 1. The van der Waals surface area contributed by atoms with Gasteiger partial charge in [0.2, 0.25) is 0 Å². The lowest BCUT2D eigenvalue weighted by Gasteiger charge is -2.31. The minimum atomic E-state index is 0.550. The summed E-state index contributed by atoms with van der Waals surface area (Å²) in [6, 6.07) is 10.7. The van der Waals surface area contributed by atoms with Gasteiger partial charge in [0.15, 0.2) is 5.82 Å². The van der Waals surface area contributed by atoms with E-state index in [1.54, 1.807) is 0 Å². The fourth-order valence-corrected chi connectivity index (χ4v) is 3.79. The summed E-state index contributed by atoms with van der Waals surface area (Å²) in [5.41, 5.74) is 1.38. The third-order valence-corrected chi connectivity index (χ3v) is 5.43. The van der Waals surface area contributed by atoms with E-state index in [9.17, 15) is 0 Å². The van der Waals surface area contributed by atoms with E-state index in [1.165, 1.54) is 43.6 Å². The highest BCUT2D eigenvalue weighted by atomic mass is 15.4. The molecule has 1 aliphatic carbocycles. The topological polar surface area (TPSA) is 34.0 Å². The van der Waals surface area contributed by atoms with Crippen LogP contribution in [-0.4, -0.2) is 39.3 Å². The normalized spacial score (nSPS) is 22.0. The number of likely N-dealkylation sites (tertiary alicyclic amines) is 1. The van der Waals surface area contributed by atoms with E-state index in [2.05, 4.69) is 46.8 Å². The minimum Gasteiger partial charge on any atom is -0.303 e. The summed E-state index contributed by atoms with van der Waals surface area (Å²) in [6.07, 6.45) is 6.11. The molecule has 1 saturated heterocycles. The lowest BCUT2D eigenvalue weighted by atomic mass is 9.97. The van der Waals surface area contributed by atoms with E-state index < -0.39 is 0 Å². The van der Waals surface area contributed by atoms with Crippen molar-refractivity contribution in [3.8, 4) is 0 Å². The Kier molecular flexibility index (Phi) is 4.65. The zero-order chi connectivity index (χ0) is 16.4. The van der Waals surface area contributed by atoms with Crippen LogP contribution < -0.4 is 0 Å². The first-order valence-electron chi connectivity index (χ1n) is 9.54. The molecule has 2 aromatic rings. The summed E-state index contributed by atoms with van der Waals surface area (Å²) in [6.45, 7) is 6.73. The maximum absolute atomic E-state index is 5.00. The van der Waals surface area contributed by atoms with Crippen molar-refractivity contribution in [2.45, 2.75) is 57.4 Å². The van der Waals surface area contributed by atoms with Crippen LogP contribution in [0.3, 0.4) is 0 Å². The molecule has 0 unspecified atom stereocenters. The molecule has 1 aromatic carbocycles. The summed E-state index contributed by atoms with van der Waals surface area (Å²) in [5, 5.41) is 4.90. The molecule has 1 aromatic heterocycles. The number of piperidine rings is 1. The average molecular weight is 324 g/mol. The van der Waals surface area contributed by atoms with Crippen LogP contribution in [0, 0.1) is 0 Å². The van der Waals surface area contributed by atoms with Crippen molar-refractivity contribution in [1.82, 2.24) is 19.7 Å². The van der Waals surface area contributed by atoms with E-state index in [4.69, 9.17) is 10.1 Å². The van der Waals surface area contributed by atoms with Gasteiger partial charge in [0.25, 0.3) is 0 Å². The Balaban J connectivity index is 1.53. The van der Waals surface area contributed by atoms with Gasteiger partial charge >= 0.3 is 0 Å². The maximum atomic E-state index is 5.00. The van der Waals surface area contributed by atoms with Crippen molar-refractivity contribution < 1.29 is 0 Å². The lowest BCUT2D eigenvalue weighted by molar-refractivity contribution is 0.211. The van der Waals surface area contributed by atoms with Crippen molar-refractivity contribution in [3.63, 3.8) is 0 Å². The van der Waals surface area contributed by atoms with Crippen molar-refractivity contribution in [2.24, 2.45) is 0 Å². The Morgan fingerprint density at radius 1 is 1.08 bits per heavy atom. The van der Waals surface area contributed by atoms with Gasteiger partial charge < -0.3 is 4.90 Å². The van der Waals surface area contributed by atoms with Gasteiger partial charge in [-0.05, 0) is 50.8 Å². The van der Waals surface area contributed by atoms with Gasteiger partial charge in [0.05, 0.1) is 0 Å². The van der Waals surface area contributed by atoms with Crippen LogP contribution in [0.25, 0.3) is 0 Å². The van der Waals surface area contributed by atoms with E-state index in [0.29, 0.717) is 11.8 Å². The quantitative estimate of drug-likeness (QED) is 0.814. The van der Waals surface area contributed by atoms with Gasteiger partial charge in [-0.1, -0.05) is 37.3 Å². The molecule has 0 amide bonds. The Morgan fingerprint density at radius 3 is 2.67 bits per heavy atom. The molecule has 4 heteroatoms. The summed E-state index contributed by atoms with van der Waals surface area (Å²) in [5.74, 6) is 3.53. The van der Waals surface area contributed by atoms with Gasteiger partial charge in [-0.15, -0.1) is 0 Å². The van der Waals surface area contributed by atoms with Crippen LogP contribution >= 0.6 is 0 Å². The maximum Gasteiger partial charge on any atom is 0.154 e. The van der Waals surface area contributed by atoms with Gasteiger partial charge in [-0.25, -0.2) is 9.67 Å². The van der Waals surface area contributed by atoms with Crippen LogP contribution in [-0.2, 0) is 13.0 Å². The second-order valence-corrected chi connectivity index (χ2v) is 7.29. The summed E-state index contributed by atoms with van der Waals surface area (Å²) in [4.78, 5) is 7.56. The van der Waals surface area contributed by atoms with E-state index >= 15 is 0 Å². The number of aromatic nitrogens is 3. The number of rotatable bonds is 6. The third kappa shape index (κ3) is 3.54. The standard InChI is InChI=1S/C20H28N4/c1-2-23-13-6-9-18(15-23)20-21-19(17-10-11-17)22-24(20)14-12-16-7-4-3-5-8-16/h3-5,7-8,17-18H,2,6,9-15H2,1H3/t18-/m1/s1. The molecular formula is C20H28N4. The Morgan fingerprint density at radius 2 is 1.92 bits per heavy atom. The molecule has 24 heavy (non-hydrogen) atoms. The predicted octanol–water partition coefficient (Wildman–Crippen LogP) is 3.60. The second-order valence-electron chi connectivity index (χ2n) is 7.29. The molecular weight excluding hydrogens is 296 g/mol. The number of hydrogen-bond acceptors (Lipinski definition) is 3. The average Bonchev–Trinajstić information content (AvgIpc) is 3.41. The molecule has 0 bridgehead atoms. The molecule has 2 fully saturated rings. The predicted molar refractivity (Wildman–Crippen MR) is 96.2 cm³/mol. The molecule has 1 aliphatic heterocycles.